The fraction of sp³-hybridized carbons (Fsp3) is 0.286. The lowest BCUT2D eigenvalue weighted by Gasteiger charge is -2.38. The van der Waals surface area contributed by atoms with Gasteiger partial charge in [-0.3, -0.25) is 9.78 Å². The molecule has 5 heteroatoms. The van der Waals surface area contributed by atoms with Crippen LogP contribution < -0.4 is 4.90 Å². The number of anilines is 1. The highest BCUT2D eigenvalue weighted by molar-refractivity contribution is 6.05. The second-order valence-corrected chi connectivity index (χ2v) is 6.73. The molecule has 1 atom stereocenters. The molecule has 1 amide bonds. The maximum atomic E-state index is 13.2. The van der Waals surface area contributed by atoms with E-state index in [1.54, 1.807) is 6.20 Å². The van der Waals surface area contributed by atoms with Crippen molar-refractivity contribution in [2.24, 2.45) is 0 Å². The molecule has 132 valence electrons. The number of carbonyl (C=O) groups excluding carboxylic acids is 1. The lowest BCUT2D eigenvalue weighted by molar-refractivity contribution is 0.0719. The van der Waals surface area contributed by atoms with Crippen molar-refractivity contribution in [1.82, 2.24) is 14.9 Å². The normalized spacial score (nSPS) is 17.3. The summed E-state index contributed by atoms with van der Waals surface area (Å²) >= 11 is 0. The topological polar surface area (TPSA) is 49.3 Å². The molecule has 5 nitrogen and oxygen atoms in total. The number of amides is 1. The van der Waals surface area contributed by atoms with Gasteiger partial charge in [-0.15, -0.1) is 0 Å². The highest BCUT2D eigenvalue weighted by Crippen LogP contribution is 2.23. The van der Waals surface area contributed by atoms with Gasteiger partial charge in [-0.2, -0.15) is 0 Å². The van der Waals surface area contributed by atoms with Gasteiger partial charge in [0.15, 0.2) is 0 Å². The van der Waals surface area contributed by atoms with Crippen molar-refractivity contribution < 1.29 is 4.79 Å². The molecule has 0 radical (unpaired) electrons. The quantitative estimate of drug-likeness (QED) is 0.730. The molecule has 0 N–H and O–H groups in total. The van der Waals surface area contributed by atoms with Crippen LogP contribution in [0.25, 0.3) is 10.9 Å². The largest absolute Gasteiger partial charge is 0.355 e. The number of rotatable bonds is 3. The predicted octanol–water partition coefficient (Wildman–Crippen LogP) is 3.37. The number of likely N-dealkylation sites (N-methyl/N-ethyl adjacent to an activating group) is 1. The Kier molecular flexibility index (Phi) is 4.52. The summed E-state index contributed by atoms with van der Waals surface area (Å²) in [6.07, 6.45) is 5.61. The number of fused-ring (bicyclic) bond motifs is 1. The predicted molar refractivity (Wildman–Crippen MR) is 103 cm³/mol. The zero-order chi connectivity index (χ0) is 17.9. The molecule has 1 saturated heterocycles. The van der Waals surface area contributed by atoms with Crippen LogP contribution in [0.4, 0.5) is 5.82 Å². The first-order valence-corrected chi connectivity index (χ1v) is 9.01. The number of hydrogen-bond donors (Lipinski definition) is 0. The highest BCUT2D eigenvalue weighted by atomic mass is 16.2. The average Bonchev–Trinajstić information content (AvgIpc) is 2.73. The maximum Gasteiger partial charge on any atom is 0.256 e. The summed E-state index contributed by atoms with van der Waals surface area (Å²) in [6.45, 7) is 1.78. The van der Waals surface area contributed by atoms with Crippen LogP contribution in [-0.4, -0.2) is 47.0 Å². The Morgan fingerprint density at radius 3 is 2.77 bits per heavy atom. The molecule has 0 bridgehead atoms. The zero-order valence-corrected chi connectivity index (χ0v) is 14.9. The van der Waals surface area contributed by atoms with E-state index in [2.05, 4.69) is 14.9 Å². The lowest BCUT2D eigenvalue weighted by Crippen LogP contribution is -2.48. The fourth-order valence-electron chi connectivity index (χ4n) is 3.65. The van der Waals surface area contributed by atoms with E-state index in [-0.39, 0.29) is 11.9 Å². The average molecular weight is 346 g/mol. The first-order valence-electron chi connectivity index (χ1n) is 9.01. The second-order valence-electron chi connectivity index (χ2n) is 6.73. The fourth-order valence-corrected chi connectivity index (χ4v) is 3.65. The van der Waals surface area contributed by atoms with Gasteiger partial charge in [0, 0.05) is 44.0 Å². The minimum Gasteiger partial charge on any atom is -0.355 e. The Hall–Kier alpha value is -2.95. The Labute approximate surface area is 153 Å². The van der Waals surface area contributed by atoms with E-state index < -0.39 is 0 Å². The van der Waals surface area contributed by atoms with Gasteiger partial charge < -0.3 is 9.80 Å². The third-order valence-electron chi connectivity index (χ3n) is 5.10. The van der Waals surface area contributed by atoms with Crippen LogP contribution in [0.2, 0.25) is 0 Å². The van der Waals surface area contributed by atoms with Crippen molar-refractivity contribution in [3.05, 3.63) is 66.5 Å². The standard InChI is InChI=1S/C21H22N4O/c1-24(17-9-6-14-25(15-17)19-11-2-3-12-22-19)21(26)18-10-4-7-16-8-5-13-23-20(16)18/h2-5,7-8,10-13,17H,6,9,14-15H2,1H3/t17-/m0/s1. The molecule has 1 aliphatic rings. The van der Waals surface area contributed by atoms with Crippen LogP contribution in [0, 0.1) is 0 Å². The summed E-state index contributed by atoms with van der Waals surface area (Å²) in [4.78, 5) is 26.2. The zero-order valence-electron chi connectivity index (χ0n) is 14.9. The molecule has 1 aromatic carbocycles. The van der Waals surface area contributed by atoms with Crippen molar-refractivity contribution in [2.45, 2.75) is 18.9 Å². The van der Waals surface area contributed by atoms with Crippen molar-refractivity contribution in [3.8, 4) is 0 Å². The Morgan fingerprint density at radius 2 is 1.92 bits per heavy atom. The first kappa shape index (κ1) is 16.5. The molecule has 3 aromatic rings. The number of para-hydroxylation sites is 1. The van der Waals surface area contributed by atoms with E-state index in [0.29, 0.717) is 5.56 Å². The van der Waals surface area contributed by atoms with Gasteiger partial charge in [0.25, 0.3) is 5.91 Å². The van der Waals surface area contributed by atoms with Crippen LogP contribution in [-0.2, 0) is 0 Å². The van der Waals surface area contributed by atoms with E-state index in [4.69, 9.17) is 0 Å². The minimum atomic E-state index is 0.0298. The molecule has 0 unspecified atom stereocenters. The van der Waals surface area contributed by atoms with Gasteiger partial charge in [-0.25, -0.2) is 4.98 Å². The Morgan fingerprint density at radius 1 is 1.08 bits per heavy atom. The smallest absolute Gasteiger partial charge is 0.256 e. The van der Waals surface area contributed by atoms with Crippen LogP contribution in [0.1, 0.15) is 23.2 Å². The van der Waals surface area contributed by atoms with Crippen LogP contribution in [0.3, 0.4) is 0 Å². The van der Waals surface area contributed by atoms with Crippen molar-refractivity contribution in [1.29, 1.82) is 0 Å². The number of benzene rings is 1. The van der Waals surface area contributed by atoms with E-state index in [1.165, 1.54) is 0 Å². The molecule has 0 aliphatic carbocycles. The molecule has 1 fully saturated rings. The highest BCUT2D eigenvalue weighted by Gasteiger charge is 2.28. The van der Waals surface area contributed by atoms with Gasteiger partial charge in [0.1, 0.15) is 5.82 Å². The molecular formula is C21H22N4O. The molecule has 3 heterocycles. The molecule has 1 aliphatic heterocycles. The van der Waals surface area contributed by atoms with E-state index >= 15 is 0 Å². The molecular weight excluding hydrogens is 324 g/mol. The summed E-state index contributed by atoms with van der Waals surface area (Å²) in [7, 11) is 1.90. The van der Waals surface area contributed by atoms with Crippen molar-refractivity contribution in [3.63, 3.8) is 0 Å². The number of aromatic nitrogens is 2. The van der Waals surface area contributed by atoms with Crippen LogP contribution in [0.5, 0.6) is 0 Å². The molecule has 2 aromatic heterocycles. The molecule has 26 heavy (non-hydrogen) atoms. The van der Waals surface area contributed by atoms with Gasteiger partial charge in [-0.1, -0.05) is 24.3 Å². The third-order valence-corrected chi connectivity index (χ3v) is 5.10. The van der Waals surface area contributed by atoms with E-state index in [0.717, 1.165) is 42.7 Å². The summed E-state index contributed by atoms with van der Waals surface area (Å²) in [5.74, 6) is 1.01. The number of pyridine rings is 2. The number of carbonyl (C=O) groups is 1. The summed E-state index contributed by atoms with van der Waals surface area (Å²) in [6, 6.07) is 15.8. The molecule has 0 saturated carbocycles. The summed E-state index contributed by atoms with van der Waals surface area (Å²) in [5.41, 5.74) is 1.44. The van der Waals surface area contributed by atoms with Gasteiger partial charge in [-0.05, 0) is 37.1 Å². The van der Waals surface area contributed by atoms with Crippen LogP contribution in [0.15, 0.2) is 60.9 Å². The van der Waals surface area contributed by atoms with E-state index in [9.17, 15) is 4.79 Å². The Bertz CT molecular complexity index is 907. The number of nitrogens with zero attached hydrogens (tertiary/aromatic N) is 4. The first-order chi connectivity index (χ1) is 12.7. The van der Waals surface area contributed by atoms with Crippen molar-refractivity contribution in [2.75, 3.05) is 25.0 Å². The number of hydrogen-bond acceptors (Lipinski definition) is 4. The Balaban J connectivity index is 1.56. The minimum absolute atomic E-state index is 0.0298. The van der Waals surface area contributed by atoms with Gasteiger partial charge in [0.05, 0.1) is 11.1 Å². The lowest BCUT2D eigenvalue weighted by atomic mass is 10.0. The maximum absolute atomic E-state index is 13.2. The van der Waals surface area contributed by atoms with Crippen molar-refractivity contribution >= 4 is 22.6 Å². The molecule has 4 rings (SSSR count). The summed E-state index contributed by atoms with van der Waals surface area (Å²) in [5, 5.41) is 0.991. The molecule has 0 spiro atoms. The van der Waals surface area contributed by atoms with Crippen LogP contribution >= 0.6 is 0 Å². The monoisotopic (exact) mass is 346 g/mol. The van der Waals surface area contributed by atoms with Gasteiger partial charge in [0.2, 0.25) is 0 Å². The van der Waals surface area contributed by atoms with Gasteiger partial charge >= 0.3 is 0 Å². The summed E-state index contributed by atoms with van der Waals surface area (Å²) < 4.78 is 0. The SMILES string of the molecule is CN(C(=O)c1cccc2cccnc12)[C@H]1CCCN(c2ccccn2)C1. The second kappa shape index (κ2) is 7.12. The number of piperidine rings is 1. The third kappa shape index (κ3) is 3.12. The van der Waals surface area contributed by atoms with E-state index in [1.807, 2.05) is 66.7 Å².